The van der Waals surface area contributed by atoms with Gasteiger partial charge < -0.3 is 14.9 Å². The minimum Gasteiger partial charge on any atom is -0.393 e. The highest BCUT2D eigenvalue weighted by Gasteiger charge is 2.44. The molecule has 20 heavy (non-hydrogen) atoms. The number of ether oxygens (including phenoxy) is 1. The minimum atomic E-state index is -1.66. The molecule has 118 valence electrons. The van der Waals surface area contributed by atoms with Gasteiger partial charge in [-0.25, -0.2) is 4.79 Å². The maximum absolute atomic E-state index is 12.4. The van der Waals surface area contributed by atoms with Gasteiger partial charge in [-0.2, -0.15) is 0 Å². The van der Waals surface area contributed by atoms with Crippen LogP contribution in [0.5, 0.6) is 0 Å². The normalized spacial score (nSPS) is 14.7. The predicted octanol–water partition coefficient (Wildman–Crippen LogP) is 2.04. The van der Waals surface area contributed by atoms with Gasteiger partial charge in [0.1, 0.15) is 0 Å². The summed E-state index contributed by atoms with van der Waals surface area (Å²) in [4.78, 5) is 23.9. The van der Waals surface area contributed by atoms with Crippen LogP contribution >= 0.6 is 0 Å². The Morgan fingerprint density at radius 3 is 2.05 bits per heavy atom. The average Bonchev–Trinajstić information content (AvgIpc) is 2.46. The number of hydrogen-bond donors (Lipinski definition) is 2. The number of aliphatic hydroxyl groups excluding tert-OH is 2. The number of carbonyl (C=O) groups is 2. The Kier molecular flexibility index (Phi) is 8.65. The first-order chi connectivity index (χ1) is 9.43. The van der Waals surface area contributed by atoms with E-state index in [1.807, 2.05) is 20.8 Å². The minimum absolute atomic E-state index is 0.147. The van der Waals surface area contributed by atoms with Crippen molar-refractivity contribution in [1.29, 1.82) is 0 Å². The molecule has 0 saturated heterocycles. The summed E-state index contributed by atoms with van der Waals surface area (Å²) in [6.07, 6.45) is 2.20. The van der Waals surface area contributed by atoms with Crippen molar-refractivity contribution in [3.8, 4) is 0 Å². The second kappa shape index (κ2) is 9.08. The molecule has 0 aliphatic rings. The molecule has 2 atom stereocenters. The molecule has 0 heterocycles. The molecule has 0 amide bonds. The Balaban J connectivity index is 5.14. The second-order valence-electron chi connectivity index (χ2n) is 5.16. The molecule has 2 N–H and O–H groups in total. The van der Waals surface area contributed by atoms with Gasteiger partial charge in [-0.3, -0.25) is 4.79 Å². The molecule has 0 aliphatic heterocycles. The Morgan fingerprint density at radius 1 is 1.15 bits per heavy atom. The first kappa shape index (κ1) is 19.1. The van der Waals surface area contributed by atoms with Crippen molar-refractivity contribution in [2.75, 3.05) is 6.61 Å². The zero-order valence-electron chi connectivity index (χ0n) is 13.0. The van der Waals surface area contributed by atoms with Gasteiger partial charge in [0.25, 0.3) is 0 Å². The summed E-state index contributed by atoms with van der Waals surface area (Å²) >= 11 is 0. The summed E-state index contributed by atoms with van der Waals surface area (Å²) in [6, 6.07) is 0. The van der Waals surface area contributed by atoms with Crippen LogP contribution in [-0.2, 0) is 14.3 Å². The van der Waals surface area contributed by atoms with Crippen molar-refractivity contribution in [3.63, 3.8) is 0 Å². The monoisotopic (exact) mass is 288 g/mol. The number of aliphatic hydroxyl groups is 2. The first-order valence-electron chi connectivity index (χ1n) is 7.48. The number of carbonyl (C=O) groups excluding carboxylic acids is 2. The van der Waals surface area contributed by atoms with E-state index in [0.29, 0.717) is 12.8 Å². The molecule has 0 aromatic carbocycles. The van der Waals surface area contributed by atoms with Crippen molar-refractivity contribution in [1.82, 2.24) is 0 Å². The third kappa shape index (κ3) is 4.28. The zero-order valence-corrected chi connectivity index (χ0v) is 13.0. The van der Waals surface area contributed by atoms with E-state index in [1.165, 1.54) is 0 Å². The predicted molar refractivity (Wildman–Crippen MR) is 75.9 cm³/mol. The third-order valence-electron chi connectivity index (χ3n) is 4.22. The molecule has 0 spiro atoms. The average molecular weight is 288 g/mol. The summed E-state index contributed by atoms with van der Waals surface area (Å²) in [7, 11) is 0. The van der Waals surface area contributed by atoms with Crippen LogP contribution in [0.25, 0.3) is 0 Å². The maximum atomic E-state index is 12.4. The lowest BCUT2D eigenvalue weighted by Gasteiger charge is -2.36. The van der Waals surface area contributed by atoms with E-state index in [4.69, 9.17) is 9.84 Å². The molecule has 5 heteroatoms. The third-order valence-corrected chi connectivity index (χ3v) is 4.22. The van der Waals surface area contributed by atoms with Crippen LogP contribution in [0.1, 0.15) is 59.8 Å². The van der Waals surface area contributed by atoms with E-state index in [2.05, 4.69) is 6.92 Å². The quantitative estimate of drug-likeness (QED) is 0.501. The number of esters is 2. The van der Waals surface area contributed by atoms with Crippen LogP contribution < -0.4 is 0 Å². The summed E-state index contributed by atoms with van der Waals surface area (Å²) in [5.41, 5.74) is -0.699. The van der Waals surface area contributed by atoms with Gasteiger partial charge in [-0.05, 0) is 25.2 Å². The Bertz CT molecular complexity index is 309. The van der Waals surface area contributed by atoms with Crippen molar-refractivity contribution in [2.45, 2.75) is 65.9 Å². The lowest BCUT2D eigenvalue weighted by atomic mass is 9.68. The van der Waals surface area contributed by atoms with Crippen LogP contribution in [0.3, 0.4) is 0 Å². The van der Waals surface area contributed by atoms with Crippen LogP contribution in [0.15, 0.2) is 0 Å². The fourth-order valence-corrected chi connectivity index (χ4v) is 2.84. The van der Waals surface area contributed by atoms with E-state index < -0.39 is 30.1 Å². The zero-order chi connectivity index (χ0) is 15.8. The summed E-state index contributed by atoms with van der Waals surface area (Å²) in [6.45, 7) is 7.17. The topological polar surface area (TPSA) is 83.8 Å². The van der Waals surface area contributed by atoms with Crippen LogP contribution in [0, 0.1) is 11.3 Å². The van der Waals surface area contributed by atoms with Crippen LogP contribution in [-0.4, -0.2) is 34.9 Å². The Hall–Kier alpha value is -0.940. The van der Waals surface area contributed by atoms with Gasteiger partial charge >= 0.3 is 11.9 Å². The molecule has 0 fully saturated rings. The summed E-state index contributed by atoms with van der Waals surface area (Å²) in [5.74, 6) is -1.51. The molecule has 0 aromatic rings. The molecule has 0 bridgehead atoms. The highest BCUT2D eigenvalue weighted by atomic mass is 16.6. The molecule has 2 unspecified atom stereocenters. The van der Waals surface area contributed by atoms with E-state index in [1.54, 1.807) is 0 Å². The largest absolute Gasteiger partial charge is 0.393 e. The van der Waals surface area contributed by atoms with E-state index in [0.717, 1.165) is 19.3 Å². The molecule has 0 aliphatic carbocycles. The van der Waals surface area contributed by atoms with Gasteiger partial charge in [0.2, 0.25) is 0 Å². The van der Waals surface area contributed by atoms with Crippen molar-refractivity contribution in [3.05, 3.63) is 0 Å². The van der Waals surface area contributed by atoms with Crippen molar-refractivity contribution in [2.24, 2.45) is 11.3 Å². The highest BCUT2D eigenvalue weighted by Crippen LogP contribution is 2.41. The smallest absolute Gasteiger partial charge is 0.345 e. The molecule has 5 nitrogen and oxygen atoms in total. The molecular weight excluding hydrogens is 260 g/mol. The number of hydrogen-bond acceptors (Lipinski definition) is 5. The van der Waals surface area contributed by atoms with Gasteiger partial charge in [-0.15, -0.1) is 0 Å². The Labute approximate surface area is 121 Å². The van der Waals surface area contributed by atoms with Gasteiger partial charge in [0, 0.05) is 0 Å². The van der Waals surface area contributed by atoms with E-state index in [9.17, 15) is 14.7 Å². The lowest BCUT2D eigenvalue weighted by molar-refractivity contribution is -0.177. The number of rotatable bonds is 9. The van der Waals surface area contributed by atoms with Crippen LogP contribution in [0.4, 0.5) is 0 Å². The van der Waals surface area contributed by atoms with Crippen LogP contribution in [0.2, 0.25) is 0 Å². The molecule has 0 saturated carbocycles. The maximum Gasteiger partial charge on any atom is 0.345 e. The van der Waals surface area contributed by atoms with Crippen molar-refractivity contribution >= 4 is 11.9 Å². The fraction of sp³-hybridized carbons (Fsp3) is 0.867. The molecule has 0 rings (SSSR count). The van der Waals surface area contributed by atoms with Gasteiger partial charge in [0.05, 0.1) is 12.0 Å². The first-order valence-corrected chi connectivity index (χ1v) is 7.48. The standard InChI is InChI=1S/C15H28O5/c1-5-9-11(6-2)15(7-3,8-4)14(19)20-13(18)12(17)10-16/h11-12,16-17H,5-10H2,1-4H3. The summed E-state index contributed by atoms with van der Waals surface area (Å²) in [5, 5.41) is 17.9. The fourth-order valence-electron chi connectivity index (χ4n) is 2.84. The van der Waals surface area contributed by atoms with Crippen molar-refractivity contribution < 1.29 is 24.5 Å². The van der Waals surface area contributed by atoms with Gasteiger partial charge in [-0.1, -0.05) is 40.5 Å². The molecular formula is C15H28O5. The SMILES string of the molecule is CCCC(CC)C(CC)(CC)C(=O)OC(=O)C(O)CO. The van der Waals surface area contributed by atoms with E-state index >= 15 is 0 Å². The molecule has 0 aromatic heterocycles. The van der Waals surface area contributed by atoms with E-state index in [-0.39, 0.29) is 5.92 Å². The Morgan fingerprint density at radius 2 is 1.70 bits per heavy atom. The highest BCUT2D eigenvalue weighted by molar-refractivity contribution is 5.90. The molecule has 0 radical (unpaired) electrons. The second-order valence-corrected chi connectivity index (χ2v) is 5.16. The summed E-state index contributed by atoms with van der Waals surface area (Å²) < 4.78 is 4.79. The lowest BCUT2D eigenvalue weighted by Crippen LogP contribution is -2.42. The van der Waals surface area contributed by atoms with Gasteiger partial charge in [0.15, 0.2) is 6.10 Å².